The summed E-state index contributed by atoms with van der Waals surface area (Å²) in [6.07, 6.45) is 7.46. The fraction of sp³-hybridized carbons (Fsp3) is 0.538. The lowest BCUT2D eigenvalue weighted by atomic mass is 10.2. The fourth-order valence-corrected chi connectivity index (χ4v) is 2.15. The standard InChI is InChI=1S/C13H20FN3OS/c1-19-7-5-3-2-4-6-16-13(18)11-8-10(14)9-17-12(11)15/h8-9H,2-7H2,1H3,(H2,15,17)(H,16,18). The minimum absolute atomic E-state index is 0.0545. The normalized spacial score (nSPS) is 10.4. The molecule has 1 aromatic rings. The van der Waals surface area contributed by atoms with E-state index in [1.165, 1.54) is 18.6 Å². The predicted molar refractivity (Wildman–Crippen MR) is 77.8 cm³/mol. The number of halogens is 1. The first-order chi connectivity index (χ1) is 9.15. The highest BCUT2D eigenvalue weighted by molar-refractivity contribution is 7.98. The van der Waals surface area contributed by atoms with E-state index in [0.717, 1.165) is 25.1 Å². The van der Waals surface area contributed by atoms with Gasteiger partial charge in [-0.25, -0.2) is 9.37 Å². The molecule has 4 nitrogen and oxygen atoms in total. The smallest absolute Gasteiger partial charge is 0.255 e. The third-order valence-electron chi connectivity index (χ3n) is 2.69. The van der Waals surface area contributed by atoms with Crippen molar-refractivity contribution in [3.8, 4) is 0 Å². The summed E-state index contributed by atoms with van der Waals surface area (Å²) in [5.74, 6) is 0.307. The van der Waals surface area contributed by atoms with Crippen LogP contribution < -0.4 is 11.1 Å². The number of nitrogens with two attached hydrogens (primary N) is 1. The largest absolute Gasteiger partial charge is 0.383 e. The maximum absolute atomic E-state index is 13.0. The molecule has 0 aromatic carbocycles. The van der Waals surface area contributed by atoms with E-state index in [-0.39, 0.29) is 17.3 Å². The summed E-state index contributed by atoms with van der Waals surface area (Å²) in [7, 11) is 0. The summed E-state index contributed by atoms with van der Waals surface area (Å²) < 4.78 is 13.0. The van der Waals surface area contributed by atoms with Gasteiger partial charge in [0.1, 0.15) is 11.6 Å². The molecular weight excluding hydrogens is 265 g/mol. The first kappa shape index (κ1) is 15.8. The lowest BCUT2D eigenvalue weighted by Crippen LogP contribution is -2.25. The number of hydrogen-bond donors (Lipinski definition) is 2. The number of thioether (sulfide) groups is 1. The molecule has 0 aliphatic heterocycles. The molecule has 19 heavy (non-hydrogen) atoms. The zero-order chi connectivity index (χ0) is 14.1. The second-order valence-corrected chi connectivity index (χ2v) is 5.23. The van der Waals surface area contributed by atoms with Crippen LogP contribution in [0.3, 0.4) is 0 Å². The maximum atomic E-state index is 13.0. The van der Waals surface area contributed by atoms with Gasteiger partial charge in [-0.05, 0) is 30.9 Å². The number of nitrogens with zero attached hydrogens (tertiary/aromatic N) is 1. The highest BCUT2D eigenvalue weighted by Gasteiger charge is 2.11. The van der Waals surface area contributed by atoms with E-state index in [0.29, 0.717) is 6.54 Å². The number of nitrogen functional groups attached to an aromatic ring is 1. The SMILES string of the molecule is CSCCCCCCNC(=O)c1cc(F)cnc1N. The van der Waals surface area contributed by atoms with E-state index >= 15 is 0 Å². The Labute approximate surface area is 117 Å². The number of carbonyl (C=O) groups is 1. The summed E-state index contributed by atoms with van der Waals surface area (Å²) in [5.41, 5.74) is 5.63. The van der Waals surface area contributed by atoms with E-state index in [1.54, 1.807) is 0 Å². The van der Waals surface area contributed by atoms with Crippen LogP contribution in [0.1, 0.15) is 36.0 Å². The lowest BCUT2D eigenvalue weighted by Gasteiger charge is -2.07. The van der Waals surface area contributed by atoms with Gasteiger partial charge in [-0.1, -0.05) is 12.8 Å². The number of nitrogens with one attached hydrogen (secondary N) is 1. The number of pyridine rings is 1. The number of hydrogen-bond acceptors (Lipinski definition) is 4. The van der Waals surface area contributed by atoms with Gasteiger partial charge < -0.3 is 11.1 Å². The molecule has 0 aliphatic rings. The van der Waals surface area contributed by atoms with Gasteiger partial charge in [0.15, 0.2) is 0 Å². The monoisotopic (exact) mass is 285 g/mol. The molecule has 3 N–H and O–H groups in total. The van der Waals surface area contributed by atoms with Crippen molar-refractivity contribution in [2.75, 3.05) is 24.3 Å². The average molecular weight is 285 g/mol. The molecule has 0 radical (unpaired) electrons. The van der Waals surface area contributed by atoms with Crippen LogP contribution in [0.25, 0.3) is 0 Å². The summed E-state index contributed by atoms with van der Waals surface area (Å²) in [6.45, 7) is 0.577. The van der Waals surface area contributed by atoms with E-state index in [1.807, 2.05) is 11.8 Å². The Bertz CT molecular complexity index is 415. The summed E-state index contributed by atoms with van der Waals surface area (Å²) in [5, 5.41) is 2.73. The minimum atomic E-state index is -0.559. The van der Waals surface area contributed by atoms with Crippen LogP contribution >= 0.6 is 11.8 Å². The number of amides is 1. The van der Waals surface area contributed by atoms with Gasteiger partial charge in [0.2, 0.25) is 0 Å². The molecular formula is C13H20FN3OS. The molecule has 0 aliphatic carbocycles. The van der Waals surface area contributed by atoms with Crippen LogP contribution in [-0.2, 0) is 0 Å². The first-order valence-electron chi connectivity index (χ1n) is 6.33. The highest BCUT2D eigenvalue weighted by atomic mass is 32.2. The van der Waals surface area contributed by atoms with Crippen LogP contribution in [0.4, 0.5) is 10.2 Å². The highest BCUT2D eigenvalue weighted by Crippen LogP contribution is 2.10. The van der Waals surface area contributed by atoms with Gasteiger partial charge in [-0.3, -0.25) is 4.79 Å². The van der Waals surface area contributed by atoms with Crippen molar-refractivity contribution in [1.82, 2.24) is 10.3 Å². The topological polar surface area (TPSA) is 68.0 Å². The van der Waals surface area contributed by atoms with Crippen molar-refractivity contribution in [2.24, 2.45) is 0 Å². The van der Waals surface area contributed by atoms with Crippen LogP contribution in [0, 0.1) is 5.82 Å². The van der Waals surface area contributed by atoms with Crippen molar-refractivity contribution in [1.29, 1.82) is 0 Å². The molecule has 0 atom stereocenters. The average Bonchev–Trinajstić information content (AvgIpc) is 2.40. The van der Waals surface area contributed by atoms with Gasteiger partial charge >= 0.3 is 0 Å². The van der Waals surface area contributed by atoms with Crippen LogP contribution in [0.5, 0.6) is 0 Å². The summed E-state index contributed by atoms with van der Waals surface area (Å²) in [4.78, 5) is 15.4. The number of carbonyl (C=O) groups excluding carboxylic acids is 1. The number of rotatable bonds is 8. The zero-order valence-corrected chi connectivity index (χ0v) is 11.9. The van der Waals surface area contributed by atoms with Crippen molar-refractivity contribution in [3.63, 3.8) is 0 Å². The Morgan fingerprint density at radius 2 is 2.16 bits per heavy atom. The molecule has 106 valence electrons. The number of aromatic nitrogens is 1. The summed E-state index contributed by atoms with van der Waals surface area (Å²) >= 11 is 1.84. The van der Waals surface area contributed by atoms with Crippen molar-refractivity contribution < 1.29 is 9.18 Å². The lowest BCUT2D eigenvalue weighted by molar-refractivity contribution is 0.0953. The van der Waals surface area contributed by atoms with E-state index in [9.17, 15) is 9.18 Å². The van der Waals surface area contributed by atoms with Crippen LogP contribution in [0.15, 0.2) is 12.3 Å². The molecule has 1 amide bonds. The fourth-order valence-electron chi connectivity index (χ4n) is 1.65. The van der Waals surface area contributed by atoms with Crippen LogP contribution in [-0.4, -0.2) is 29.4 Å². The minimum Gasteiger partial charge on any atom is -0.383 e. The Kier molecular flexibility index (Phi) is 7.25. The number of unbranched alkanes of at least 4 members (excludes halogenated alkanes) is 3. The second kappa shape index (κ2) is 8.74. The summed E-state index contributed by atoms with van der Waals surface area (Å²) in [6, 6.07) is 1.11. The first-order valence-corrected chi connectivity index (χ1v) is 7.72. The quantitative estimate of drug-likeness (QED) is 0.720. The molecule has 0 unspecified atom stereocenters. The zero-order valence-electron chi connectivity index (χ0n) is 11.1. The molecule has 0 saturated heterocycles. The Morgan fingerprint density at radius 1 is 1.42 bits per heavy atom. The third-order valence-corrected chi connectivity index (χ3v) is 3.39. The Balaban J connectivity index is 2.26. The van der Waals surface area contributed by atoms with Crippen LogP contribution in [0.2, 0.25) is 0 Å². The third kappa shape index (κ3) is 5.92. The second-order valence-electron chi connectivity index (χ2n) is 4.25. The molecule has 1 rings (SSSR count). The Hall–Kier alpha value is -1.30. The van der Waals surface area contributed by atoms with Gasteiger partial charge in [0.25, 0.3) is 5.91 Å². The van der Waals surface area contributed by atoms with Crippen molar-refractivity contribution >= 4 is 23.5 Å². The maximum Gasteiger partial charge on any atom is 0.255 e. The Morgan fingerprint density at radius 3 is 2.89 bits per heavy atom. The molecule has 0 fully saturated rings. The molecule has 1 aromatic heterocycles. The number of anilines is 1. The van der Waals surface area contributed by atoms with E-state index in [2.05, 4.69) is 16.6 Å². The van der Waals surface area contributed by atoms with E-state index < -0.39 is 5.82 Å². The molecule has 0 bridgehead atoms. The van der Waals surface area contributed by atoms with Crippen molar-refractivity contribution in [2.45, 2.75) is 25.7 Å². The van der Waals surface area contributed by atoms with Gasteiger partial charge in [0, 0.05) is 6.54 Å². The van der Waals surface area contributed by atoms with E-state index in [4.69, 9.17) is 5.73 Å². The van der Waals surface area contributed by atoms with Crippen molar-refractivity contribution in [3.05, 3.63) is 23.6 Å². The van der Waals surface area contributed by atoms with Gasteiger partial charge in [0.05, 0.1) is 11.8 Å². The van der Waals surface area contributed by atoms with Gasteiger partial charge in [-0.15, -0.1) is 0 Å². The van der Waals surface area contributed by atoms with Gasteiger partial charge in [-0.2, -0.15) is 11.8 Å². The predicted octanol–water partition coefficient (Wildman–Crippen LogP) is 2.46. The molecule has 0 saturated carbocycles. The molecule has 1 heterocycles. The molecule has 0 spiro atoms. The molecule has 6 heteroatoms.